The van der Waals surface area contributed by atoms with Gasteiger partial charge in [-0.2, -0.15) is 0 Å². The first-order valence-electron chi connectivity index (χ1n) is 6.54. The molecule has 1 N–H and O–H groups in total. The van der Waals surface area contributed by atoms with Crippen molar-refractivity contribution in [1.29, 1.82) is 0 Å². The largest absolute Gasteiger partial charge is 0.486 e. The van der Waals surface area contributed by atoms with Crippen LogP contribution in [0, 0.1) is 0 Å². The fourth-order valence-corrected chi connectivity index (χ4v) is 2.03. The lowest BCUT2D eigenvalue weighted by molar-refractivity contribution is -0.122. The van der Waals surface area contributed by atoms with Crippen LogP contribution in [-0.4, -0.2) is 50.2 Å². The van der Waals surface area contributed by atoms with Crippen molar-refractivity contribution in [3.63, 3.8) is 0 Å². The molecule has 1 aliphatic heterocycles. The first-order chi connectivity index (χ1) is 9.22. The zero-order valence-corrected chi connectivity index (χ0v) is 11.4. The summed E-state index contributed by atoms with van der Waals surface area (Å²) in [5.41, 5.74) is 0. The van der Waals surface area contributed by atoms with E-state index in [1.807, 2.05) is 36.1 Å². The second kappa shape index (κ2) is 6.43. The molecule has 0 radical (unpaired) electrons. The van der Waals surface area contributed by atoms with Crippen LogP contribution >= 0.6 is 0 Å². The minimum absolute atomic E-state index is 0.0129. The Balaban J connectivity index is 1.92. The summed E-state index contributed by atoms with van der Waals surface area (Å²) < 4.78 is 11.5. The van der Waals surface area contributed by atoms with Gasteiger partial charge in [-0.3, -0.25) is 9.69 Å². The number of amides is 1. The third-order valence-corrected chi connectivity index (χ3v) is 3.12. The molecule has 5 heteroatoms. The SMILES string of the molecule is CCN(CC(=O)NC)CC1COc2ccccc2O1. The molecular formula is C14H20N2O3. The highest BCUT2D eigenvalue weighted by atomic mass is 16.6. The number of ether oxygens (including phenoxy) is 2. The molecule has 2 rings (SSSR count). The summed E-state index contributed by atoms with van der Waals surface area (Å²) in [5, 5.41) is 2.63. The van der Waals surface area contributed by atoms with Gasteiger partial charge in [0.05, 0.1) is 6.54 Å². The standard InChI is InChI=1S/C14H20N2O3/c1-3-16(9-14(17)15-2)8-11-10-18-12-6-4-5-7-13(12)19-11/h4-7,11H,3,8-10H2,1-2H3,(H,15,17). The quantitative estimate of drug-likeness (QED) is 0.858. The Morgan fingerprint density at radius 2 is 2.16 bits per heavy atom. The molecule has 104 valence electrons. The van der Waals surface area contributed by atoms with Crippen LogP contribution in [0.3, 0.4) is 0 Å². The number of fused-ring (bicyclic) bond motifs is 1. The van der Waals surface area contributed by atoms with Gasteiger partial charge < -0.3 is 14.8 Å². The molecule has 1 unspecified atom stereocenters. The predicted octanol–water partition coefficient (Wildman–Crippen LogP) is 0.894. The van der Waals surface area contributed by atoms with Crippen LogP contribution in [0.1, 0.15) is 6.92 Å². The van der Waals surface area contributed by atoms with Gasteiger partial charge in [0.15, 0.2) is 11.5 Å². The van der Waals surface area contributed by atoms with Crippen LogP contribution < -0.4 is 14.8 Å². The van der Waals surface area contributed by atoms with Crippen molar-refractivity contribution in [1.82, 2.24) is 10.2 Å². The molecule has 5 nitrogen and oxygen atoms in total. The Bertz CT molecular complexity index is 436. The van der Waals surface area contributed by atoms with Gasteiger partial charge in [0.25, 0.3) is 0 Å². The number of rotatable bonds is 5. The average molecular weight is 264 g/mol. The summed E-state index contributed by atoms with van der Waals surface area (Å²) in [6, 6.07) is 7.64. The second-order valence-corrected chi connectivity index (χ2v) is 4.50. The molecular weight excluding hydrogens is 244 g/mol. The molecule has 0 spiro atoms. The maximum absolute atomic E-state index is 11.4. The fraction of sp³-hybridized carbons (Fsp3) is 0.500. The van der Waals surface area contributed by atoms with Crippen molar-refractivity contribution in [3.8, 4) is 11.5 Å². The summed E-state index contributed by atoms with van der Waals surface area (Å²) >= 11 is 0. The van der Waals surface area contributed by atoms with Gasteiger partial charge >= 0.3 is 0 Å². The number of para-hydroxylation sites is 2. The molecule has 1 aromatic rings. The van der Waals surface area contributed by atoms with E-state index in [0.717, 1.165) is 18.0 Å². The van der Waals surface area contributed by atoms with Gasteiger partial charge in [-0.05, 0) is 18.7 Å². The average Bonchev–Trinajstić information content (AvgIpc) is 2.46. The topological polar surface area (TPSA) is 50.8 Å². The number of nitrogens with zero attached hydrogens (tertiary/aromatic N) is 1. The lowest BCUT2D eigenvalue weighted by Gasteiger charge is -2.30. The van der Waals surface area contributed by atoms with E-state index in [2.05, 4.69) is 5.32 Å². The molecule has 0 bridgehead atoms. The van der Waals surface area contributed by atoms with E-state index in [4.69, 9.17) is 9.47 Å². The van der Waals surface area contributed by atoms with E-state index in [9.17, 15) is 4.79 Å². The third-order valence-electron chi connectivity index (χ3n) is 3.12. The fourth-order valence-electron chi connectivity index (χ4n) is 2.03. The Morgan fingerprint density at radius 3 is 2.84 bits per heavy atom. The monoisotopic (exact) mass is 264 g/mol. The maximum Gasteiger partial charge on any atom is 0.233 e. The van der Waals surface area contributed by atoms with E-state index in [-0.39, 0.29) is 12.0 Å². The first kappa shape index (κ1) is 13.7. The Morgan fingerprint density at radius 1 is 1.42 bits per heavy atom. The lowest BCUT2D eigenvalue weighted by atomic mass is 10.2. The van der Waals surface area contributed by atoms with Gasteiger partial charge in [-0.25, -0.2) is 0 Å². The summed E-state index contributed by atoms with van der Waals surface area (Å²) in [4.78, 5) is 13.4. The molecule has 0 aliphatic carbocycles. The van der Waals surface area contributed by atoms with Crippen molar-refractivity contribution in [2.45, 2.75) is 13.0 Å². The minimum Gasteiger partial charge on any atom is -0.486 e. The summed E-state index contributed by atoms with van der Waals surface area (Å²) in [5.74, 6) is 1.57. The number of carbonyl (C=O) groups excluding carboxylic acids is 1. The van der Waals surface area contributed by atoms with Crippen LogP contribution in [0.25, 0.3) is 0 Å². The molecule has 0 saturated heterocycles. The molecule has 1 aromatic carbocycles. The Kier molecular flexibility index (Phi) is 4.63. The second-order valence-electron chi connectivity index (χ2n) is 4.50. The third kappa shape index (κ3) is 3.61. The molecule has 0 aromatic heterocycles. The highest BCUT2D eigenvalue weighted by Crippen LogP contribution is 2.30. The highest BCUT2D eigenvalue weighted by molar-refractivity contribution is 5.77. The normalized spacial score (nSPS) is 17.3. The van der Waals surface area contributed by atoms with E-state index < -0.39 is 0 Å². The Hall–Kier alpha value is -1.75. The summed E-state index contributed by atoms with van der Waals surface area (Å²) in [7, 11) is 1.65. The van der Waals surface area contributed by atoms with Crippen LogP contribution in [0.4, 0.5) is 0 Å². The lowest BCUT2D eigenvalue weighted by Crippen LogP contribution is -2.44. The molecule has 19 heavy (non-hydrogen) atoms. The van der Waals surface area contributed by atoms with E-state index in [1.165, 1.54) is 0 Å². The van der Waals surface area contributed by atoms with Crippen molar-refractivity contribution in [2.24, 2.45) is 0 Å². The van der Waals surface area contributed by atoms with Gasteiger partial charge in [0, 0.05) is 13.6 Å². The van der Waals surface area contributed by atoms with Crippen molar-refractivity contribution in [2.75, 3.05) is 33.3 Å². The summed E-state index contributed by atoms with van der Waals surface area (Å²) in [6.07, 6.45) is -0.0421. The minimum atomic E-state index is -0.0421. The predicted molar refractivity (Wildman–Crippen MR) is 72.5 cm³/mol. The molecule has 1 atom stereocenters. The number of hydrogen-bond donors (Lipinski definition) is 1. The van der Waals surface area contributed by atoms with Crippen LogP contribution in [0.2, 0.25) is 0 Å². The molecule has 0 saturated carbocycles. The highest BCUT2D eigenvalue weighted by Gasteiger charge is 2.23. The molecule has 0 fully saturated rings. The number of benzene rings is 1. The maximum atomic E-state index is 11.4. The van der Waals surface area contributed by atoms with E-state index in [0.29, 0.717) is 19.7 Å². The zero-order chi connectivity index (χ0) is 13.7. The first-order valence-corrected chi connectivity index (χ1v) is 6.54. The zero-order valence-electron chi connectivity index (χ0n) is 11.4. The van der Waals surface area contributed by atoms with E-state index >= 15 is 0 Å². The van der Waals surface area contributed by atoms with Gasteiger partial charge in [-0.1, -0.05) is 19.1 Å². The van der Waals surface area contributed by atoms with Crippen LogP contribution in [0.5, 0.6) is 11.5 Å². The Labute approximate surface area is 113 Å². The van der Waals surface area contributed by atoms with E-state index in [1.54, 1.807) is 7.05 Å². The molecule has 1 aliphatic rings. The number of nitrogens with one attached hydrogen (secondary N) is 1. The van der Waals surface area contributed by atoms with Gasteiger partial charge in [0.2, 0.25) is 5.91 Å². The molecule has 1 heterocycles. The number of likely N-dealkylation sites (N-methyl/N-ethyl adjacent to an activating group) is 2. The van der Waals surface area contributed by atoms with Crippen molar-refractivity contribution < 1.29 is 14.3 Å². The molecule has 1 amide bonds. The number of hydrogen-bond acceptors (Lipinski definition) is 4. The van der Waals surface area contributed by atoms with Gasteiger partial charge in [-0.15, -0.1) is 0 Å². The summed E-state index contributed by atoms with van der Waals surface area (Å²) in [6.45, 7) is 4.41. The number of carbonyl (C=O) groups is 1. The van der Waals surface area contributed by atoms with Crippen molar-refractivity contribution >= 4 is 5.91 Å². The van der Waals surface area contributed by atoms with Gasteiger partial charge in [0.1, 0.15) is 12.7 Å². The van der Waals surface area contributed by atoms with Crippen LogP contribution in [-0.2, 0) is 4.79 Å². The van der Waals surface area contributed by atoms with Crippen molar-refractivity contribution in [3.05, 3.63) is 24.3 Å². The van der Waals surface area contributed by atoms with Crippen LogP contribution in [0.15, 0.2) is 24.3 Å². The smallest absolute Gasteiger partial charge is 0.233 e.